The van der Waals surface area contributed by atoms with Crippen LogP contribution >= 0.6 is 23.2 Å². The van der Waals surface area contributed by atoms with Crippen molar-refractivity contribution in [1.29, 1.82) is 0 Å². The maximum atomic E-state index is 13.0. The first kappa shape index (κ1) is 89.5. The van der Waals surface area contributed by atoms with Crippen molar-refractivity contribution in [3.05, 3.63) is 312 Å². The second kappa shape index (κ2) is 39.3. The van der Waals surface area contributed by atoms with Gasteiger partial charge >= 0.3 is 36.5 Å². The molecule has 0 radical (unpaired) electrons. The van der Waals surface area contributed by atoms with E-state index in [1.165, 1.54) is 23.2 Å². The third-order valence-electron chi connectivity index (χ3n) is 20.4. The third-order valence-corrected chi connectivity index (χ3v) is 21.1. The Labute approximate surface area is 753 Å². The van der Waals surface area contributed by atoms with Crippen LogP contribution in [0.25, 0.3) is 66.8 Å². The number of nitrogens with zero attached hydrogens (tertiary/aromatic N) is 9. The van der Waals surface area contributed by atoms with Crippen LogP contribution in [0.4, 0.5) is 102 Å². The van der Waals surface area contributed by atoms with Crippen molar-refractivity contribution < 1.29 is 64.6 Å². The highest BCUT2D eigenvalue weighted by atomic mass is 35.5. The molecule has 0 unspecified atom stereocenters. The monoisotopic (exact) mass is 1810 g/mol. The van der Waals surface area contributed by atoms with Crippen LogP contribution in [0.5, 0.6) is 23.0 Å². The molecule has 2 aliphatic rings. The summed E-state index contributed by atoms with van der Waals surface area (Å²) in [6.45, 7) is 9.66. The SMILES string of the molecule is CCn1cc(-c2ccnc3[nH]ccc23)c(-c2cccc(NC(=O)Nc3ccc(C)cc3)c2)n1.CCn1cc(-c2ccnc3[nH]ccc23)c(-c2cccc(NC(=O)Nc3ccc(C)cc3)c2)n1.CN1C(=O)Cc2nccc(Oc3ccc(NC(=O)Nc4ccc(Cl)c(C(F)(F)F)c4)cc3)c21.O=C1Cc2nccc(Oc3ccc(NC(=O)Nc4ccc(Cl)c(C(F)(F)F)c4)cc3)c2N1. The van der Waals surface area contributed by atoms with Crippen LogP contribution < -0.4 is 62.2 Å². The zero-order valence-electron chi connectivity index (χ0n) is 70.0. The van der Waals surface area contributed by atoms with Crippen LogP contribution in [-0.2, 0) is 47.9 Å². The van der Waals surface area contributed by atoms with E-state index in [9.17, 15) is 55.1 Å². The highest BCUT2D eigenvalue weighted by Gasteiger charge is 2.36. The lowest BCUT2D eigenvalue weighted by Crippen LogP contribution is -2.21. The van der Waals surface area contributed by atoms with E-state index in [1.807, 2.05) is 157 Å². The van der Waals surface area contributed by atoms with Crippen LogP contribution in [0.15, 0.2) is 268 Å². The lowest BCUT2D eigenvalue weighted by Gasteiger charge is -2.15. The molecule has 0 bridgehead atoms. The van der Waals surface area contributed by atoms with E-state index >= 15 is 0 Å². The fourth-order valence-corrected chi connectivity index (χ4v) is 14.5. The van der Waals surface area contributed by atoms with Crippen molar-refractivity contribution in [1.82, 2.24) is 49.5 Å². The summed E-state index contributed by atoms with van der Waals surface area (Å²) in [5.74, 6) is 1.55. The van der Waals surface area contributed by atoms with E-state index in [0.717, 1.165) is 127 Å². The van der Waals surface area contributed by atoms with Gasteiger partial charge in [0.1, 0.15) is 45.6 Å². The Bertz CT molecular complexity index is 6730. The minimum atomic E-state index is -4.64. The number of hydrogen-bond donors (Lipinski definition) is 11. The number of ether oxygens (including phenoxy) is 2. The Morgan fingerprint density at radius 3 is 1.22 bits per heavy atom. The van der Waals surface area contributed by atoms with Crippen molar-refractivity contribution in [3.8, 4) is 67.8 Å². The third kappa shape index (κ3) is 22.0. The Morgan fingerprint density at radius 2 is 0.802 bits per heavy atom. The molecule has 10 heterocycles. The summed E-state index contributed by atoms with van der Waals surface area (Å²) in [7, 11) is 1.65. The van der Waals surface area contributed by atoms with E-state index in [1.54, 1.807) is 86.3 Å². The number of aryl methyl sites for hydroxylation is 4. The number of carbonyl (C=O) groups excluding carboxylic acids is 6. The molecular formula is C95H78Cl2F6N20O8. The summed E-state index contributed by atoms with van der Waals surface area (Å²) in [6.07, 6.45) is 5.70. The first-order valence-corrected chi connectivity index (χ1v) is 41.2. The van der Waals surface area contributed by atoms with Gasteiger partial charge in [0.25, 0.3) is 0 Å². The number of likely N-dealkylation sites (N-methyl/N-ethyl adjacent to an activating group) is 1. The quantitative estimate of drug-likeness (QED) is 0.0356. The molecule has 0 atom stereocenters. The van der Waals surface area contributed by atoms with Crippen LogP contribution in [-0.4, -0.2) is 92.5 Å². The number of anilines is 10. The number of fused-ring (bicyclic) bond motifs is 4. The molecule has 8 aromatic carbocycles. The molecule has 10 amide bonds. The molecule has 16 aromatic rings. The smallest absolute Gasteiger partial charge is 0.417 e. The molecule has 0 spiro atoms. The summed E-state index contributed by atoms with van der Waals surface area (Å²) < 4.78 is 93.3. The number of urea groups is 4. The number of nitrogens with one attached hydrogen (secondary N) is 11. The van der Waals surface area contributed by atoms with Crippen molar-refractivity contribution in [2.75, 3.05) is 59.8 Å². The molecule has 2 aliphatic heterocycles. The molecule has 662 valence electrons. The number of aromatic nitrogens is 10. The number of benzene rings is 8. The minimum Gasteiger partial charge on any atom is -0.455 e. The van der Waals surface area contributed by atoms with E-state index in [4.69, 9.17) is 42.9 Å². The van der Waals surface area contributed by atoms with Gasteiger partial charge in [0.05, 0.1) is 45.4 Å². The van der Waals surface area contributed by atoms with Gasteiger partial charge in [0.2, 0.25) is 11.8 Å². The van der Waals surface area contributed by atoms with Crippen molar-refractivity contribution >= 4 is 138 Å². The minimum absolute atomic E-state index is 0.0608. The zero-order valence-corrected chi connectivity index (χ0v) is 71.6. The number of hydrogen-bond acceptors (Lipinski definition) is 14. The van der Waals surface area contributed by atoms with E-state index in [2.05, 4.69) is 104 Å². The summed E-state index contributed by atoms with van der Waals surface area (Å²) in [4.78, 5) is 97.8. The Kier molecular flexibility index (Phi) is 26.8. The molecule has 8 aromatic heterocycles. The maximum Gasteiger partial charge on any atom is 0.417 e. The predicted octanol–water partition coefficient (Wildman–Crippen LogP) is 23.5. The van der Waals surface area contributed by atoms with Gasteiger partial charge in [-0.15, -0.1) is 0 Å². The van der Waals surface area contributed by atoms with E-state index in [-0.39, 0.29) is 48.1 Å². The maximum absolute atomic E-state index is 13.0. The first-order valence-electron chi connectivity index (χ1n) is 40.5. The van der Waals surface area contributed by atoms with Gasteiger partial charge in [-0.3, -0.25) is 28.9 Å². The van der Waals surface area contributed by atoms with Crippen LogP contribution in [0.1, 0.15) is 47.5 Å². The number of aromatic amines is 2. The largest absolute Gasteiger partial charge is 0.455 e. The van der Waals surface area contributed by atoms with Crippen molar-refractivity contribution in [3.63, 3.8) is 0 Å². The lowest BCUT2D eigenvalue weighted by molar-refractivity contribution is -0.138. The number of halogens is 8. The topological polar surface area (TPSA) is 351 Å². The summed E-state index contributed by atoms with van der Waals surface area (Å²) in [5.41, 5.74) is 15.4. The van der Waals surface area contributed by atoms with E-state index in [0.29, 0.717) is 68.5 Å². The van der Waals surface area contributed by atoms with Gasteiger partial charge in [-0.25, -0.2) is 29.1 Å². The fraction of sp³-hybridized carbons (Fsp3) is 0.116. The van der Waals surface area contributed by atoms with Gasteiger partial charge in [-0.05, 0) is 197 Å². The first-order chi connectivity index (χ1) is 63.0. The zero-order chi connectivity index (χ0) is 92.2. The molecule has 0 saturated carbocycles. The second-order valence-electron chi connectivity index (χ2n) is 29.6. The van der Waals surface area contributed by atoms with Gasteiger partial charge < -0.3 is 72.2 Å². The number of H-pyrrole nitrogens is 2. The molecule has 36 heteroatoms. The summed E-state index contributed by atoms with van der Waals surface area (Å²) in [6, 6.07) is 58.9. The average molecular weight is 1810 g/mol. The molecule has 28 nitrogen and oxygen atoms in total. The molecule has 0 aliphatic carbocycles. The number of amides is 10. The van der Waals surface area contributed by atoms with Crippen LogP contribution in [0.3, 0.4) is 0 Å². The van der Waals surface area contributed by atoms with Crippen molar-refractivity contribution in [2.24, 2.45) is 0 Å². The predicted molar refractivity (Wildman–Crippen MR) is 494 cm³/mol. The van der Waals surface area contributed by atoms with Gasteiger partial charge in [0.15, 0.2) is 11.5 Å². The fourth-order valence-electron chi connectivity index (χ4n) is 14.0. The highest BCUT2D eigenvalue weighted by Crippen LogP contribution is 2.43. The average Bonchev–Trinajstić information content (AvgIpc) is 1.64. The van der Waals surface area contributed by atoms with Crippen molar-refractivity contribution in [2.45, 2.75) is 66.0 Å². The highest BCUT2D eigenvalue weighted by molar-refractivity contribution is 6.32. The van der Waals surface area contributed by atoms with Gasteiger partial charge in [-0.2, -0.15) is 36.5 Å². The summed E-state index contributed by atoms with van der Waals surface area (Å²) >= 11 is 11.2. The molecule has 18 rings (SSSR count). The number of rotatable bonds is 18. The number of alkyl halides is 6. The Morgan fingerprint density at radius 1 is 0.427 bits per heavy atom. The second-order valence-corrected chi connectivity index (χ2v) is 30.4. The van der Waals surface area contributed by atoms with Gasteiger partial charge in [-0.1, -0.05) is 82.9 Å². The van der Waals surface area contributed by atoms with Crippen LogP contribution in [0.2, 0.25) is 10.0 Å². The molecular weight excluding hydrogens is 1730 g/mol. The van der Waals surface area contributed by atoms with E-state index < -0.39 is 45.6 Å². The Hall–Kier alpha value is -16.4. The van der Waals surface area contributed by atoms with Gasteiger partial charge in [0, 0.05) is 160 Å². The molecule has 11 N–H and O–H groups in total. The number of carbonyl (C=O) groups is 6. The molecule has 0 saturated heterocycles. The lowest BCUT2D eigenvalue weighted by atomic mass is 10.00. The Balaban J connectivity index is 0.000000134. The van der Waals surface area contributed by atoms with Crippen LogP contribution in [0, 0.1) is 13.8 Å². The molecule has 131 heavy (non-hydrogen) atoms. The normalized spacial score (nSPS) is 11.9. The standard InChI is InChI=1S/2C26H24N6O.C22H16ClF3N4O3.C21H14ClF3N4O3/c2*1-3-32-16-23(21-11-13-27-25-22(21)12-14-28-25)24(31-32)18-5-4-6-20(15-18)30-26(33)29-19-9-7-17(2)8-10-19;1-30-19(31)11-17-20(30)18(8-9-27-17)33-14-5-2-12(3-6-14)28-21(32)29-13-4-7-16(23)15(10-13)22(24,25)26;22-15-6-3-12(9-14(15)21(23,24)25)28-20(31)27-11-1-4-13(5-2-11)32-17-7-8-26-16-10-18(30)29-19(16)17/h2*4-16H,3H2,1-2H3,(H,27,28)(H2,29,30,33);2-10H,11H2,1H3,(H2,28,29,32);1-9H,10H2,(H,29,30)(H2,27,28,31). The number of pyridine rings is 4. The summed E-state index contributed by atoms with van der Waals surface area (Å²) in [5, 5.41) is 34.8. The molecule has 0 fully saturated rings.